The molecule has 0 bridgehead atoms. The first kappa shape index (κ1) is 30.1. The van der Waals surface area contributed by atoms with Crippen molar-refractivity contribution in [2.75, 3.05) is 26.7 Å². The van der Waals surface area contributed by atoms with Crippen molar-refractivity contribution in [2.24, 2.45) is 5.92 Å². The predicted molar refractivity (Wildman–Crippen MR) is 151 cm³/mol. The molecule has 1 N–H and O–H groups in total. The topological polar surface area (TPSA) is 77.1 Å². The van der Waals surface area contributed by atoms with Gasteiger partial charge in [-0.2, -0.15) is 0 Å². The number of methoxy groups -OCH3 is 1. The molecule has 2 aromatic carbocycles. The number of carbonyl (C=O) groups is 2. The van der Waals surface area contributed by atoms with Gasteiger partial charge in [0.2, 0.25) is 5.91 Å². The third-order valence-corrected chi connectivity index (χ3v) is 8.81. The second-order valence-corrected chi connectivity index (χ2v) is 11.7. The highest BCUT2D eigenvalue weighted by atomic mass is 19.4. The van der Waals surface area contributed by atoms with Crippen LogP contribution in [-0.4, -0.2) is 61.5 Å². The quantitative estimate of drug-likeness (QED) is 0.233. The molecule has 0 aromatic heterocycles. The minimum absolute atomic E-state index is 0.155. The SMILES string of the molecule is COC12CCC(NC(=O)/C=C/c3cccc(OC(F)(F)F)c3)CC1(c1cccc(OC(C)=O)c1)CCN(CC1CC1)C2. The Balaban J connectivity index is 1.36. The maximum atomic E-state index is 13.0. The zero-order valence-electron chi connectivity index (χ0n) is 23.9. The molecular weight excluding hydrogens is 549 g/mol. The van der Waals surface area contributed by atoms with Gasteiger partial charge in [0.25, 0.3) is 0 Å². The van der Waals surface area contributed by atoms with Gasteiger partial charge >= 0.3 is 12.3 Å². The van der Waals surface area contributed by atoms with E-state index in [2.05, 4.69) is 21.0 Å². The molecule has 3 aliphatic rings. The number of likely N-dealkylation sites (tertiary alicyclic amines) is 1. The lowest BCUT2D eigenvalue weighted by Crippen LogP contribution is -2.68. The van der Waals surface area contributed by atoms with Crippen molar-refractivity contribution in [3.05, 3.63) is 65.7 Å². The number of hydrogen-bond acceptors (Lipinski definition) is 6. The number of ether oxygens (including phenoxy) is 3. The van der Waals surface area contributed by atoms with E-state index < -0.39 is 23.3 Å². The van der Waals surface area contributed by atoms with Gasteiger partial charge in [-0.3, -0.25) is 9.59 Å². The van der Waals surface area contributed by atoms with Crippen LogP contribution >= 0.6 is 0 Å². The summed E-state index contributed by atoms with van der Waals surface area (Å²) in [5, 5.41) is 3.12. The minimum atomic E-state index is -4.79. The number of amides is 1. The highest BCUT2D eigenvalue weighted by Crippen LogP contribution is 2.54. The average Bonchev–Trinajstić information content (AvgIpc) is 3.75. The molecule has 0 radical (unpaired) electrons. The van der Waals surface area contributed by atoms with Crippen LogP contribution in [0.3, 0.4) is 0 Å². The molecule has 2 saturated carbocycles. The molecule has 0 spiro atoms. The molecule has 2 aromatic rings. The number of hydrogen-bond donors (Lipinski definition) is 1. The lowest BCUT2D eigenvalue weighted by atomic mass is 9.55. The Bertz CT molecular complexity index is 1330. The van der Waals surface area contributed by atoms with Crippen LogP contribution in [0.2, 0.25) is 0 Å². The number of carbonyl (C=O) groups excluding carboxylic acids is 2. The van der Waals surface area contributed by atoms with Crippen molar-refractivity contribution in [1.82, 2.24) is 10.2 Å². The second-order valence-electron chi connectivity index (χ2n) is 11.7. The molecule has 2 aliphatic carbocycles. The van der Waals surface area contributed by atoms with E-state index in [0.717, 1.165) is 44.0 Å². The van der Waals surface area contributed by atoms with E-state index >= 15 is 0 Å². The Morgan fingerprint density at radius 1 is 1.07 bits per heavy atom. The van der Waals surface area contributed by atoms with Crippen molar-refractivity contribution >= 4 is 18.0 Å². The van der Waals surface area contributed by atoms with E-state index in [1.807, 2.05) is 12.1 Å². The first-order chi connectivity index (χ1) is 20.0. The van der Waals surface area contributed by atoms with E-state index in [4.69, 9.17) is 9.47 Å². The number of fused-ring (bicyclic) bond motifs is 1. The summed E-state index contributed by atoms with van der Waals surface area (Å²) in [5.74, 6) is 0.159. The fourth-order valence-electron chi connectivity index (χ4n) is 6.80. The van der Waals surface area contributed by atoms with Crippen molar-refractivity contribution in [1.29, 1.82) is 0 Å². The molecule has 7 nitrogen and oxygen atoms in total. The summed E-state index contributed by atoms with van der Waals surface area (Å²) in [7, 11) is 1.77. The number of nitrogens with zero attached hydrogens (tertiary/aromatic N) is 1. The van der Waals surface area contributed by atoms with Gasteiger partial charge in [0.05, 0.1) is 5.60 Å². The first-order valence-electron chi connectivity index (χ1n) is 14.4. The normalized spacial score (nSPS) is 26.5. The maximum Gasteiger partial charge on any atom is 0.573 e. The zero-order valence-corrected chi connectivity index (χ0v) is 23.9. The molecule has 226 valence electrons. The minimum Gasteiger partial charge on any atom is -0.427 e. The highest BCUT2D eigenvalue weighted by molar-refractivity contribution is 5.92. The Morgan fingerprint density at radius 3 is 2.55 bits per heavy atom. The van der Waals surface area contributed by atoms with Crippen molar-refractivity contribution in [3.63, 3.8) is 0 Å². The molecule has 1 saturated heterocycles. The average molecular weight is 587 g/mol. The van der Waals surface area contributed by atoms with Crippen LogP contribution in [0.1, 0.15) is 56.6 Å². The van der Waals surface area contributed by atoms with Crippen molar-refractivity contribution in [2.45, 2.75) is 68.9 Å². The molecule has 42 heavy (non-hydrogen) atoms. The second kappa shape index (κ2) is 12.1. The van der Waals surface area contributed by atoms with Crippen LogP contribution in [0.5, 0.6) is 11.5 Å². The third-order valence-electron chi connectivity index (χ3n) is 8.81. The van der Waals surface area contributed by atoms with Crippen LogP contribution in [0.25, 0.3) is 6.08 Å². The lowest BCUT2D eigenvalue weighted by Gasteiger charge is -2.60. The summed E-state index contributed by atoms with van der Waals surface area (Å²) in [4.78, 5) is 27.2. The summed E-state index contributed by atoms with van der Waals surface area (Å²) in [6, 6.07) is 12.9. The van der Waals surface area contributed by atoms with Crippen molar-refractivity contribution < 1.29 is 37.0 Å². The Kier molecular flexibility index (Phi) is 8.66. The molecule has 1 aliphatic heterocycles. The van der Waals surface area contributed by atoms with Crippen LogP contribution < -0.4 is 14.8 Å². The van der Waals surface area contributed by atoms with E-state index in [1.165, 1.54) is 50.1 Å². The number of esters is 1. The molecule has 3 fully saturated rings. The van der Waals surface area contributed by atoms with Gasteiger partial charge in [0.15, 0.2) is 0 Å². The number of halogens is 3. The summed E-state index contributed by atoms with van der Waals surface area (Å²) >= 11 is 0. The predicted octanol–water partition coefficient (Wildman–Crippen LogP) is 5.63. The molecule has 5 rings (SSSR count). The largest absolute Gasteiger partial charge is 0.573 e. The number of nitrogens with one attached hydrogen (secondary N) is 1. The van der Waals surface area contributed by atoms with Gasteiger partial charge < -0.3 is 24.4 Å². The summed E-state index contributed by atoms with van der Waals surface area (Å²) in [6.07, 6.45) is 3.45. The highest BCUT2D eigenvalue weighted by Gasteiger charge is 2.59. The van der Waals surface area contributed by atoms with E-state index in [-0.39, 0.29) is 17.7 Å². The summed E-state index contributed by atoms with van der Waals surface area (Å²) in [6.45, 7) is 4.12. The van der Waals surface area contributed by atoms with Gasteiger partial charge in [-0.1, -0.05) is 24.3 Å². The summed E-state index contributed by atoms with van der Waals surface area (Å²) in [5.41, 5.74) is 0.521. The molecule has 3 unspecified atom stereocenters. The van der Waals surface area contributed by atoms with Crippen molar-refractivity contribution in [3.8, 4) is 11.5 Å². The van der Waals surface area contributed by atoms with E-state index in [9.17, 15) is 22.8 Å². The molecular formula is C32H37F3N2O5. The fraction of sp³-hybridized carbons (Fsp3) is 0.500. The fourth-order valence-corrected chi connectivity index (χ4v) is 6.80. The smallest absolute Gasteiger partial charge is 0.427 e. The van der Waals surface area contributed by atoms with Crippen LogP contribution in [0.15, 0.2) is 54.6 Å². The standard InChI is InChI=1S/C32H37F3N2O5/c1-22(38)41-27-7-4-6-25(18-27)30-15-16-37(20-24-9-10-24)21-31(30,40-2)14-13-26(19-30)36-29(39)12-11-23-5-3-8-28(17-23)42-32(33,34)35/h3-8,11-12,17-18,24,26H,9-10,13-16,19-21H2,1-2H3,(H,36,39)/b12-11+. The first-order valence-corrected chi connectivity index (χ1v) is 14.4. The van der Waals surface area contributed by atoms with E-state index in [1.54, 1.807) is 19.2 Å². The van der Waals surface area contributed by atoms with Gasteiger partial charge in [0, 0.05) is 44.7 Å². The number of benzene rings is 2. The van der Waals surface area contributed by atoms with Gasteiger partial charge in [-0.25, -0.2) is 0 Å². The maximum absolute atomic E-state index is 13.0. The van der Waals surface area contributed by atoms with Gasteiger partial charge in [-0.15, -0.1) is 13.2 Å². The monoisotopic (exact) mass is 586 g/mol. The van der Waals surface area contributed by atoms with E-state index in [0.29, 0.717) is 24.2 Å². The van der Waals surface area contributed by atoms with Gasteiger partial charge in [0.1, 0.15) is 11.5 Å². The van der Waals surface area contributed by atoms with Crippen LogP contribution in [0, 0.1) is 5.92 Å². The Labute approximate surface area is 244 Å². The van der Waals surface area contributed by atoms with Gasteiger partial charge in [-0.05, 0) is 92.5 Å². The Morgan fingerprint density at radius 2 is 1.83 bits per heavy atom. The molecule has 1 amide bonds. The number of alkyl halides is 3. The van der Waals surface area contributed by atoms with Crippen LogP contribution in [-0.2, 0) is 19.7 Å². The summed E-state index contributed by atoms with van der Waals surface area (Å²) < 4.78 is 53.6. The zero-order chi connectivity index (χ0) is 30.0. The lowest BCUT2D eigenvalue weighted by molar-refractivity contribution is -0.274. The molecule has 3 atom stereocenters. The number of piperidine rings is 1. The Hall–Kier alpha value is -3.37. The van der Waals surface area contributed by atoms with Crippen LogP contribution in [0.4, 0.5) is 13.2 Å². The third kappa shape index (κ3) is 6.98. The number of rotatable bonds is 9. The molecule has 1 heterocycles. The molecule has 10 heteroatoms.